The van der Waals surface area contributed by atoms with Crippen LogP contribution < -0.4 is 5.32 Å². The maximum absolute atomic E-state index is 13.0. The van der Waals surface area contributed by atoms with Crippen molar-refractivity contribution in [3.05, 3.63) is 71.4 Å². The van der Waals surface area contributed by atoms with Crippen LogP contribution in [0.4, 0.5) is 0 Å². The molecule has 142 valence electrons. The molecule has 1 aromatic carbocycles. The molecular weight excluding hydrogens is 346 g/mol. The molecule has 1 N–H and O–H groups in total. The van der Waals surface area contributed by atoms with Crippen molar-refractivity contribution < 1.29 is 4.79 Å². The molecule has 0 saturated carbocycles. The fourth-order valence-corrected chi connectivity index (χ4v) is 3.74. The number of amides is 1. The average molecular weight is 371 g/mol. The summed E-state index contributed by atoms with van der Waals surface area (Å²) in [7, 11) is 0. The standard InChI is InChI=1S/C24H25N3O/c1-17-10-11-21-19(15-17)20(16-23(27-21)22-9-5-6-13-25-22)24(28)26-14-12-18-7-3-2-4-8-18/h5-7,9-11,13,15-16H,2-4,8,12,14H2,1H3,(H,26,28). The molecule has 4 rings (SSSR count). The lowest BCUT2D eigenvalue weighted by molar-refractivity contribution is 0.0955. The van der Waals surface area contributed by atoms with E-state index >= 15 is 0 Å². The number of aromatic nitrogens is 2. The lowest BCUT2D eigenvalue weighted by atomic mass is 9.97. The highest BCUT2D eigenvalue weighted by molar-refractivity contribution is 6.07. The molecule has 0 bridgehead atoms. The van der Waals surface area contributed by atoms with E-state index in [9.17, 15) is 4.79 Å². The van der Waals surface area contributed by atoms with Gasteiger partial charge in [0.15, 0.2) is 0 Å². The summed E-state index contributed by atoms with van der Waals surface area (Å²) in [5, 5.41) is 3.99. The van der Waals surface area contributed by atoms with Crippen LogP contribution in [0.2, 0.25) is 0 Å². The van der Waals surface area contributed by atoms with Crippen molar-refractivity contribution in [3.63, 3.8) is 0 Å². The van der Waals surface area contributed by atoms with E-state index in [0.29, 0.717) is 12.1 Å². The summed E-state index contributed by atoms with van der Waals surface area (Å²) in [6, 6.07) is 13.6. The lowest BCUT2D eigenvalue weighted by Crippen LogP contribution is -2.25. The summed E-state index contributed by atoms with van der Waals surface area (Å²) in [6.45, 7) is 2.70. The van der Waals surface area contributed by atoms with Crippen LogP contribution >= 0.6 is 0 Å². The molecule has 0 unspecified atom stereocenters. The third-order valence-corrected chi connectivity index (χ3v) is 5.25. The monoisotopic (exact) mass is 371 g/mol. The van der Waals surface area contributed by atoms with E-state index in [0.717, 1.165) is 40.7 Å². The van der Waals surface area contributed by atoms with Gasteiger partial charge in [-0.3, -0.25) is 9.78 Å². The summed E-state index contributed by atoms with van der Waals surface area (Å²) >= 11 is 0. The first-order valence-corrected chi connectivity index (χ1v) is 9.99. The number of rotatable bonds is 5. The summed E-state index contributed by atoms with van der Waals surface area (Å²) in [5.74, 6) is -0.0495. The van der Waals surface area contributed by atoms with Gasteiger partial charge in [0.05, 0.1) is 22.5 Å². The molecular formula is C24H25N3O. The maximum Gasteiger partial charge on any atom is 0.252 e. The summed E-state index contributed by atoms with van der Waals surface area (Å²) in [4.78, 5) is 22.1. The number of benzene rings is 1. The Morgan fingerprint density at radius 2 is 2.04 bits per heavy atom. The van der Waals surface area contributed by atoms with E-state index in [1.54, 1.807) is 6.20 Å². The van der Waals surface area contributed by atoms with Gasteiger partial charge in [-0.05, 0) is 69.4 Å². The fourth-order valence-electron chi connectivity index (χ4n) is 3.74. The minimum Gasteiger partial charge on any atom is -0.352 e. The van der Waals surface area contributed by atoms with Crippen LogP contribution in [0.25, 0.3) is 22.3 Å². The van der Waals surface area contributed by atoms with E-state index in [2.05, 4.69) is 16.4 Å². The Kier molecular flexibility index (Phi) is 5.47. The second-order valence-electron chi connectivity index (χ2n) is 7.40. The van der Waals surface area contributed by atoms with Crippen LogP contribution in [0.1, 0.15) is 48.0 Å². The molecule has 0 aliphatic heterocycles. The summed E-state index contributed by atoms with van der Waals surface area (Å²) in [6.07, 6.45) is 9.90. The summed E-state index contributed by atoms with van der Waals surface area (Å²) < 4.78 is 0. The number of pyridine rings is 2. The molecule has 28 heavy (non-hydrogen) atoms. The molecule has 1 amide bonds. The minimum atomic E-state index is -0.0495. The average Bonchev–Trinajstić information content (AvgIpc) is 2.74. The van der Waals surface area contributed by atoms with Crippen molar-refractivity contribution in [1.29, 1.82) is 0 Å². The van der Waals surface area contributed by atoms with Crippen molar-refractivity contribution in [2.75, 3.05) is 6.54 Å². The Balaban J connectivity index is 1.62. The SMILES string of the molecule is Cc1ccc2nc(-c3ccccn3)cc(C(=O)NCCC3=CCCCC3)c2c1. The first kappa shape index (κ1) is 18.4. The number of allylic oxidation sites excluding steroid dienone is 1. The van der Waals surface area contributed by atoms with Crippen LogP contribution in [0, 0.1) is 6.92 Å². The van der Waals surface area contributed by atoms with Crippen molar-refractivity contribution in [2.24, 2.45) is 0 Å². The van der Waals surface area contributed by atoms with Gasteiger partial charge in [0.1, 0.15) is 0 Å². The van der Waals surface area contributed by atoms with Crippen LogP contribution in [-0.4, -0.2) is 22.4 Å². The highest BCUT2D eigenvalue weighted by atomic mass is 16.1. The number of carbonyl (C=O) groups is 1. The van der Waals surface area contributed by atoms with Crippen molar-refractivity contribution in [1.82, 2.24) is 15.3 Å². The molecule has 0 spiro atoms. The number of nitrogens with zero attached hydrogens (tertiary/aromatic N) is 2. The predicted molar refractivity (Wildman–Crippen MR) is 113 cm³/mol. The predicted octanol–water partition coefficient (Wildman–Crippen LogP) is 5.23. The molecule has 0 atom stereocenters. The van der Waals surface area contributed by atoms with Gasteiger partial charge in [0.2, 0.25) is 0 Å². The number of carbonyl (C=O) groups excluding carboxylic acids is 1. The van der Waals surface area contributed by atoms with Crippen LogP contribution in [0.15, 0.2) is 60.3 Å². The number of nitrogens with one attached hydrogen (secondary N) is 1. The number of fused-ring (bicyclic) bond motifs is 1. The Bertz CT molecular complexity index is 1020. The van der Waals surface area contributed by atoms with Gasteiger partial charge >= 0.3 is 0 Å². The van der Waals surface area contributed by atoms with Gasteiger partial charge in [-0.1, -0.05) is 29.3 Å². The van der Waals surface area contributed by atoms with E-state index in [-0.39, 0.29) is 5.91 Å². The molecule has 0 radical (unpaired) electrons. The zero-order valence-electron chi connectivity index (χ0n) is 16.2. The fraction of sp³-hybridized carbons (Fsp3) is 0.292. The molecule has 0 saturated heterocycles. The molecule has 2 aromatic heterocycles. The Morgan fingerprint density at radius 3 is 2.82 bits per heavy atom. The number of hydrogen-bond donors (Lipinski definition) is 1. The van der Waals surface area contributed by atoms with E-state index < -0.39 is 0 Å². The van der Waals surface area contributed by atoms with Crippen molar-refractivity contribution >= 4 is 16.8 Å². The second kappa shape index (κ2) is 8.34. The molecule has 0 fully saturated rings. The van der Waals surface area contributed by atoms with Gasteiger partial charge in [0, 0.05) is 18.1 Å². The smallest absolute Gasteiger partial charge is 0.252 e. The molecule has 1 aliphatic rings. The van der Waals surface area contributed by atoms with Gasteiger partial charge in [-0.25, -0.2) is 4.98 Å². The molecule has 4 nitrogen and oxygen atoms in total. The highest BCUT2D eigenvalue weighted by Crippen LogP contribution is 2.25. The van der Waals surface area contributed by atoms with Gasteiger partial charge < -0.3 is 5.32 Å². The van der Waals surface area contributed by atoms with Crippen molar-refractivity contribution in [2.45, 2.75) is 39.0 Å². The molecule has 3 aromatic rings. The third kappa shape index (κ3) is 4.11. The highest BCUT2D eigenvalue weighted by Gasteiger charge is 2.15. The lowest BCUT2D eigenvalue weighted by Gasteiger charge is -2.14. The van der Waals surface area contributed by atoms with Crippen LogP contribution in [-0.2, 0) is 0 Å². The maximum atomic E-state index is 13.0. The Labute approximate surface area is 165 Å². The van der Waals surface area contributed by atoms with E-state index in [4.69, 9.17) is 4.98 Å². The zero-order valence-corrected chi connectivity index (χ0v) is 16.2. The second-order valence-corrected chi connectivity index (χ2v) is 7.40. The van der Waals surface area contributed by atoms with Gasteiger partial charge in [-0.2, -0.15) is 0 Å². The Hall–Kier alpha value is -3.01. The Morgan fingerprint density at radius 1 is 1.11 bits per heavy atom. The normalized spacial score (nSPS) is 14.0. The van der Waals surface area contributed by atoms with Crippen LogP contribution in [0.5, 0.6) is 0 Å². The van der Waals surface area contributed by atoms with Crippen LogP contribution in [0.3, 0.4) is 0 Å². The third-order valence-electron chi connectivity index (χ3n) is 5.25. The quantitative estimate of drug-likeness (QED) is 0.625. The molecule has 1 aliphatic carbocycles. The van der Waals surface area contributed by atoms with Crippen molar-refractivity contribution in [3.8, 4) is 11.4 Å². The minimum absolute atomic E-state index is 0.0495. The largest absolute Gasteiger partial charge is 0.352 e. The molecule has 2 heterocycles. The first-order chi connectivity index (χ1) is 13.7. The van der Waals surface area contributed by atoms with E-state index in [1.165, 1.54) is 24.8 Å². The number of aryl methyl sites for hydroxylation is 1. The number of hydrogen-bond acceptors (Lipinski definition) is 3. The topological polar surface area (TPSA) is 54.9 Å². The molecule has 4 heteroatoms. The summed E-state index contributed by atoms with van der Waals surface area (Å²) in [5.41, 5.74) is 5.54. The van der Waals surface area contributed by atoms with Gasteiger partial charge in [-0.15, -0.1) is 0 Å². The van der Waals surface area contributed by atoms with Gasteiger partial charge in [0.25, 0.3) is 5.91 Å². The first-order valence-electron chi connectivity index (χ1n) is 9.99. The van der Waals surface area contributed by atoms with E-state index in [1.807, 2.05) is 49.4 Å². The zero-order chi connectivity index (χ0) is 19.3.